The van der Waals surface area contributed by atoms with Crippen molar-refractivity contribution in [1.29, 1.82) is 0 Å². The predicted octanol–water partition coefficient (Wildman–Crippen LogP) is 3.40. The first-order valence-corrected chi connectivity index (χ1v) is 6.74. The number of methoxy groups -OCH3 is 1. The molecule has 0 aliphatic carbocycles. The van der Waals surface area contributed by atoms with Gasteiger partial charge in [0.25, 0.3) is 0 Å². The third kappa shape index (κ3) is 4.30. The largest absolute Gasteiger partial charge is 0.494 e. The van der Waals surface area contributed by atoms with Gasteiger partial charge in [-0.25, -0.2) is 4.39 Å². The lowest BCUT2D eigenvalue weighted by atomic mass is 9.96. The maximum absolute atomic E-state index is 14.0. The Morgan fingerprint density at radius 1 is 1.33 bits per heavy atom. The third-order valence-electron chi connectivity index (χ3n) is 3.21. The second kappa shape index (κ2) is 8.09. The lowest BCUT2D eigenvalue weighted by molar-refractivity contribution is 0.380. The van der Waals surface area contributed by atoms with Crippen molar-refractivity contribution < 1.29 is 9.13 Å². The van der Waals surface area contributed by atoms with E-state index in [1.54, 1.807) is 6.07 Å². The zero-order valence-electron chi connectivity index (χ0n) is 11.6. The lowest BCUT2D eigenvalue weighted by Gasteiger charge is -2.16. The van der Waals surface area contributed by atoms with Crippen molar-refractivity contribution in [2.45, 2.75) is 33.1 Å². The van der Waals surface area contributed by atoms with Gasteiger partial charge < -0.3 is 10.1 Å². The van der Waals surface area contributed by atoms with Crippen molar-refractivity contribution >= 4 is 0 Å². The average molecular weight is 253 g/mol. The fourth-order valence-corrected chi connectivity index (χ4v) is 2.03. The first-order chi connectivity index (χ1) is 8.72. The number of rotatable bonds is 8. The average Bonchev–Trinajstić information content (AvgIpc) is 2.40. The Balaban J connectivity index is 2.63. The molecule has 18 heavy (non-hydrogen) atoms. The molecule has 1 aromatic rings. The van der Waals surface area contributed by atoms with Crippen LogP contribution in [-0.2, 0) is 6.42 Å². The molecule has 0 spiro atoms. The van der Waals surface area contributed by atoms with Crippen LogP contribution in [0.25, 0.3) is 0 Å². The molecule has 1 rings (SSSR count). The van der Waals surface area contributed by atoms with Crippen LogP contribution in [0.4, 0.5) is 4.39 Å². The molecule has 0 aromatic heterocycles. The molecule has 1 aromatic carbocycles. The highest BCUT2D eigenvalue weighted by Crippen LogP contribution is 2.23. The summed E-state index contributed by atoms with van der Waals surface area (Å²) in [5.74, 6) is 0.593. The highest BCUT2D eigenvalue weighted by molar-refractivity contribution is 5.31. The van der Waals surface area contributed by atoms with Crippen LogP contribution < -0.4 is 10.1 Å². The molecule has 0 aliphatic rings. The van der Waals surface area contributed by atoms with Gasteiger partial charge in [0.15, 0.2) is 11.6 Å². The Morgan fingerprint density at radius 2 is 2.11 bits per heavy atom. The van der Waals surface area contributed by atoms with E-state index in [4.69, 9.17) is 4.74 Å². The molecule has 0 bridgehead atoms. The van der Waals surface area contributed by atoms with Crippen LogP contribution in [-0.4, -0.2) is 20.2 Å². The summed E-state index contributed by atoms with van der Waals surface area (Å²) in [6.45, 7) is 6.27. The van der Waals surface area contributed by atoms with Gasteiger partial charge >= 0.3 is 0 Å². The van der Waals surface area contributed by atoms with Crippen molar-refractivity contribution in [3.8, 4) is 5.75 Å². The number of hydrogen-bond donors (Lipinski definition) is 1. The fraction of sp³-hybridized carbons (Fsp3) is 0.600. The van der Waals surface area contributed by atoms with E-state index < -0.39 is 0 Å². The van der Waals surface area contributed by atoms with Crippen LogP contribution in [0.3, 0.4) is 0 Å². The normalized spacial score (nSPS) is 12.4. The Hall–Kier alpha value is -1.09. The van der Waals surface area contributed by atoms with E-state index in [1.807, 2.05) is 12.1 Å². The third-order valence-corrected chi connectivity index (χ3v) is 3.21. The van der Waals surface area contributed by atoms with Crippen molar-refractivity contribution in [3.05, 3.63) is 29.6 Å². The first kappa shape index (κ1) is 15.0. The molecule has 0 heterocycles. The maximum Gasteiger partial charge on any atom is 0.168 e. The summed E-state index contributed by atoms with van der Waals surface area (Å²) in [5, 5.41) is 3.40. The molecule has 0 fully saturated rings. The smallest absolute Gasteiger partial charge is 0.168 e. The lowest BCUT2D eigenvalue weighted by Crippen LogP contribution is -2.24. The molecular formula is C15H24FNO. The predicted molar refractivity (Wildman–Crippen MR) is 73.6 cm³/mol. The molecule has 1 N–H and O–H groups in total. The van der Waals surface area contributed by atoms with E-state index in [2.05, 4.69) is 19.2 Å². The van der Waals surface area contributed by atoms with Crippen LogP contribution in [0.15, 0.2) is 18.2 Å². The van der Waals surface area contributed by atoms with Crippen molar-refractivity contribution in [1.82, 2.24) is 5.32 Å². The number of ether oxygens (including phenoxy) is 1. The van der Waals surface area contributed by atoms with Crippen molar-refractivity contribution in [2.75, 3.05) is 20.2 Å². The Morgan fingerprint density at radius 3 is 2.72 bits per heavy atom. The fourth-order valence-electron chi connectivity index (χ4n) is 2.03. The standard InChI is InChI=1S/C15H24FNO/c1-4-9-17-11-12(5-2)10-13-7-6-8-14(18-3)15(13)16/h6-8,12,17H,4-5,9-11H2,1-3H3. The highest BCUT2D eigenvalue weighted by atomic mass is 19.1. The van der Waals surface area contributed by atoms with Crippen molar-refractivity contribution in [2.24, 2.45) is 5.92 Å². The van der Waals surface area contributed by atoms with Gasteiger partial charge in [-0.3, -0.25) is 0 Å². The highest BCUT2D eigenvalue weighted by Gasteiger charge is 2.13. The molecule has 1 unspecified atom stereocenters. The zero-order valence-corrected chi connectivity index (χ0v) is 11.6. The summed E-state index contributed by atoms with van der Waals surface area (Å²) in [5.41, 5.74) is 0.750. The van der Waals surface area contributed by atoms with Gasteiger partial charge in [-0.1, -0.05) is 32.4 Å². The van der Waals surface area contributed by atoms with E-state index in [-0.39, 0.29) is 5.82 Å². The molecular weight excluding hydrogens is 229 g/mol. The van der Waals surface area contributed by atoms with Gasteiger partial charge in [-0.05, 0) is 43.5 Å². The van der Waals surface area contributed by atoms with Crippen LogP contribution in [0, 0.1) is 11.7 Å². The van der Waals surface area contributed by atoms with E-state index in [0.29, 0.717) is 11.7 Å². The molecule has 2 nitrogen and oxygen atoms in total. The van der Waals surface area contributed by atoms with Gasteiger partial charge in [0.1, 0.15) is 0 Å². The quantitative estimate of drug-likeness (QED) is 0.717. The second-order valence-corrected chi connectivity index (χ2v) is 4.62. The summed E-state index contributed by atoms with van der Waals surface area (Å²) >= 11 is 0. The minimum absolute atomic E-state index is 0.214. The Labute approximate surface area is 110 Å². The van der Waals surface area contributed by atoms with E-state index in [9.17, 15) is 4.39 Å². The minimum atomic E-state index is -0.214. The molecule has 0 amide bonds. The van der Waals surface area contributed by atoms with Gasteiger partial charge in [-0.2, -0.15) is 0 Å². The van der Waals surface area contributed by atoms with E-state index in [1.165, 1.54) is 7.11 Å². The second-order valence-electron chi connectivity index (χ2n) is 4.62. The summed E-state index contributed by atoms with van der Waals surface area (Å²) in [7, 11) is 1.50. The molecule has 102 valence electrons. The van der Waals surface area contributed by atoms with Gasteiger partial charge in [-0.15, -0.1) is 0 Å². The van der Waals surface area contributed by atoms with Crippen molar-refractivity contribution in [3.63, 3.8) is 0 Å². The minimum Gasteiger partial charge on any atom is -0.494 e. The number of benzene rings is 1. The molecule has 0 saturated heterocycles. The number of halogens is 1. The first-order valence-electron chi connectivity index (χ1n) is 6.74. The molecule has 3 heteroatoms. The van der Waals surface area contributed by atoms with Gasteiger partial charge in [0, 0.05) is 0 Å². The Kier molecular flexibility index (Phi) is 6.73. The van der Waals surface area contributed by atoms with E-state index >= 15 is 0 Å². The molecule has 0 aliphatic heterocycles. The molecule has 1 atom stereocenters. The Bertz CT molecular complexity index is 354. The van der Waals surface area contributed by atoms with Crippen LogP contribution >= 0.6 is 0 Å². The summed E-state index contributed by atoms with van der Waals surface area (Å²) < 4.78 is 19.0. The SMILES string of the molecule is CCCNCC(CC)Cc1cccc(OC)c1F. The zero-order chi connectivity index (χ0) is 13.4. The summed E-state index contributed by atoms with van der Waals surface area (Å²) in [6, 6.07) is 5.36. The number of hydrogen-bond acceptors (Lipinski definition) is 2. The van der Waals surface area contributed by atoms with Crippen LogP contribution in [0.1, 0.15) is 32.3 Å². The summed E-state index contributed by atoms with van der Waals surface area (Å²) in [6.07, 6.45) is 2.94. The number of nitrogens with one attached hydrogen (secondary N) is 1. The topological polar surface area (TPSA) is 21.3 Å². The van der Waals surface area contributed by atoms with Crippen LogP contribution in [0.2, 0.25) is 0 Å². The van der Waals surface area contributed by atoms with Gasteiger partial charge in [0.05, 0.1) is 7.11 Å². The molecule has 0 radical (unpaired) electrons. The molecule has 0 saturated carbocycles. The van der Waals surface area contributed by atoms with Gasteiger partial charge in [0.2, 0.25) is 0 Å². The monoisotopic (exact) mass is 253 g/mol. The van der Waals surface area contributed by atoms with E-state index in [0.717, 1.165) is 37.9 Å². The summed E-state index contributed by atoms with van der Waals surface area (Å²) in [4.78, 5) is 0. The van der Waals surface area contributed by atoms with Crippen LogP contribution in [0.5, 0.6) is 5.75 Å². The maximum atomic E-state index is 14.0.